The van der Waals surface area contributed by atoms with E-state index in [1.807, 2.05) is 0 Å². The number of benzene rings is 1. The van der Waals surface area contributed by atoms with Crippen LogP contribution in [0.1, 0.15) is 29.5 Å². The molecule has 3 heterocycles. The molecule has 30 heavy (non-hydrogen) atoms. The van der Waals surface area contributed by atoms with E-state index < -0.39 is 23.7 Å². The highest BCUT2D eigenvalue weighted by Crippen LogP contribution is 2.34. The first-order chi connectivity index (χ1) is 14.5. The van der Waals surface area contributed by atoms with Crippen LogP contribution >= 0.6 is 0 Å². The van der Waals surface area contributed by atoms with E-state index in [0.717, 1.165) is 12.1 Å². The molecule has 3 aromatic rings. The lowest BCUT2D eigenvalue weighted by Gasteiger charge is -2.16. The van der Waals surface area contributed by atoms with Gasteiger partial charge in [0.25, 0.3) is 6.43 Å². The summed E-state index contributed by atoms with van der Waals surface area (Å²) in [5.74, 6) is -1.26. The first-order valence-electron chi connectivity index (χ1n) is 9.32. The van der Waals surface area contributed by atoms with Crippen LogP contribution in [0.4, 0.5) is 19.0 Å². The summed E-state index contributed by atoms with van der Waals surface area (Å²) in [7, 11) is 0. The molecule has 7 nitrogen and oxygen atoms in total. The summed E-state index contributed by atoms with van der Waals surface area (Å²) in [6.07, 6.45) is 0.688. The van der Waals surface area contributed by atoms with Gasteiger partial charge in [-0.15, -0.1) is 0 Å². The van der Waals surface area contributed by atoms with Crippen molar-refractivity contribution in [3.63, 3.8) is 0 Å². The zero-order valence-electron chi connectivity index (χ0n) is 15.7. The van der Waals surface area contributed by atoms with Gasteiger partial charge in [0, 0.05) is 29.2 Å². The summed E-state index contributed by atoms with van der Waals surface area (Å²) in [5, 5.41) is 24.4. The van der Waals surface area contributed by atoms with Crippen molar-refractivity contribution < 1.29 is 23.1 Å². The Labute approximate surface area is 169 Å². The van der Waals surface area contributed by atoms with Crippen LogP contribution in [0, 0.1) is 11.7 Å². The number of anilines is 1. The number of amides is 1. The fraction of sp³-hybridized carbons (Fsp3) is 0.300. The van der Waals surface area contributed by atoms with E-state index in [1.165, 1.54) is 23.4 Å². The second kappa shape index (κ2) is 8.23. The number of carbonyl (C=O) groups is 1. The number of rotatable bonds is 6. The number of aliphatic hydroxyl groups excluding tert-OH is 1. The number of H-pyrrole nitrogens is 1. The number of hydrogen-bond donors (Lipinski definition) is 2. The fourth-order valence-electron chi connectivity index (χ4n) is 3.76. The van der Waals surface area contributed by atoms with E-state index in [9.17, 15) is 23.1 Å². The number of aromatic nitrogens is 4. The monoisotopic (exact) mass is 417 g/mol. The Kier molecular flexibility index (Phi) is 5.49. The third-order valence-electron chi connectivity index (χ3n) is 5.26. The third kappa shape index (κ3) is 3.65. The smallest absolute Gasteiger partial charge is 0.264 e. The SMILES string of the molecule is O=C1C(Cc2ccc(F)cc2C(F)F)CCN1c1n[nH]c(-c2ccnnc2)c1CO. The predicted molar refractivity (Wildman–Crippen MR) is 101 cm³/mol. The quantitative estimate of drug-likeness (QED) is 0.643. The minimum atomic E-state index is -2.83. The average Bonchev–Trinajstić information content (AvgIpc) is 3.33. The van der Waals surface area contributed by atoms with Gasteiger partial charge in [-0.25, -0.2) is 13.2 Å². The van der Waals surface area contributed by atoms with Crippen LogP contribution in [0.5, 0.6) is 0 Å². The molecule has 0 aliphatic carbocycles. The second-order valence-corrected chi connectivity index (χ2v) is 7.01. The van der Waals surface area contributed by atoms with Crippen LogP contribution in [-0.4, -0.2) is 38.0 Å². The molecule has 1 saturated heterocycles. The molecule has 1 aliphatic heterocycles. The number of nitrogens with zero attached hydrogens (tertiary/aromatic N) is 4. The number of carbonyl (C=O) groups excluding carboxylic acids is 1. The van der Waals surface area contributed by atoms with Gasteiger partial charge in [0.2, 0.25) is 5.91 Å². The van der Waals surface area contributed by atoms with Crippen LogP contribution < -0.4 is 4.90 Å². The van der Waals surface area contributed by atoms with Crippen molar-refractivity contribution in [1.82, 2.24) is 20.4 Å². The largest absolute Gasteiger partial charge is 0.391 e. The highest BCUT2D eigenvalue weighted by atomic mass is 19.3. The molecule has 0 saturated carbocycles. The maximum Gasteiger partial charge on any atom is 0.264 e. The van der Waals surface area contributed by atoms with Gasteiger partial charge in [-0.05, 0) is 36.6 Å². The normalized spacial score (nSPS) is 16.6. The minimum absolute atomic E-state index is 0.0787. The van der Waals surface area contributed by atoms with Gasteiger partial charge < -0.3 is 5.11 Å². The Bertz CT molecular complexity index is 1060. The molecule has 10 heteroatoms. The summed E-state index contributed by atoms with van der Waals surface area (Å²) in [6.45, 7) is -0.0218. The van der Waals surface area contributed by atoms with Gasteiger partial charge >= 0.3 is 0 Å². The number of alkyl halides is 2. The predicted octanol–water partition coefficient (Wildman–Crippen LogP) is 3.03. The Morgan fingerprint density at radius 3 is 2.80 bits per heavy atom. The second-order valence-electron chi connectivity index (χ2n) is 7.01. The maximum atomic E-state index is 13.4. The summed E-state index contributed by atoms with van der Waals surface area (Å²) in [6, 6.07) is 4.92. The van der Waals surface area contributed by atoms with Crippen LogP contribution in [0.3, 0.4) is 0 Å². The van der Waals surface area contributed by atoms with Crippen LogP contribution in [-0.2, 0) is 17.8 Å². The summed E-state index contributed by atoms with van der Waals surface area (Å²) >= 11 is 0. The first kappa shape index (κ1) is 20.0. The third-order valence-corrected chi connectivity index (χ3v) is 5.26. The molecule has 0 bridgehead atoms. The number of hydrogen-bond acceptors (Lipinski definition) is 5. The molecule has 1 fully saturated rings. The Hall–Kier alpha value is -3.27. The zero-order chi connectivity index (χ0) is 21.3. The maximum absolute atomic E-state index is 13.4. The van der Waals surface area contributed by atoms with Gasteiger partial charge in [-0.1, -0.05) is 6.07 Å². The Balaban J connectivity index is 1.58. The van der Waals surface area contributed by atoms with E-state index >= 15 is 0 Å². The van der Waals surface area contributed by atoms with Crippen molar-refractivity contribution in [1.29, 1.82) is 0 Å². The van der Waals surface area contributed by atoms with E-state index in [4.69, 9.17) is 0 Å². The van der Waals surface area contributed by atoms with Crippen LogP contribution in [0.2, 0.25) is 0 Å². The van der Waals surface area contributed by atoms with Crippen LogP contribution in [0.25, 0.3) is 11.3 Å². The van der Waals surface area contributed by atoms with Crippen molar-refractivity contribution in [2.45, 2.75) is 25.9 Å². The fourth-order valence-corrected chi connectivity index (χ4v) is 3.76. The summed E-state index contributed by atoms with van der Waals surface area (Å²) in [5.41, 5.74) is 1.47. The summed E-state index contributed by atoms with van der Waals surface area (Å²) in [4.78, 5) is 14.4. The molecule has 2 aromatic heterocycles. The lowest BCUT2D eigenvalue weighted by molar-refractivity contribution is -0.120. The lowest BCUT2D eigenvalue weighted by Crippen LogP contribution is -2.29. The minimum Gasteiger partial charge on any atom is -0.391 e. The van der Waals surface area contributed by atoms with Gasteiger partial charge in [0.05, 0.1) is 24.7 Å². The highest BCUT2D eigenvalue weighted by molar-refractivity contribution is 5.97. The van der Waals surface area contributed by atoms with Gasteiger partial charge in [-0.3, -0.25) is 14.8 Å². The van der Waals surface area contributed by atoms with E-state index in [0.29, 0.717) is 35.6 Å². The van der Waals surface area contributed by atoms with E-state index in [2.05, 4.69) is 20.4 Å². The van der Waals surface area contributed by atoms with E-state index in [1.54, 1.807) is 6.07 Å². The van der Waals surface area contributed by atoms with Crippen molar-refractivity contribution in [2.75, 3.05) is 11.4 Å². The molecule has 2 N–H and O–H groups in total. The molecule has 0 radical (unpaired) electrons. The lowest BCUT2D eigenvalue weighted by atomic mass is 9.94. The number of nitrogens with one attached hydrogen (secondary N) is 1. The zero-order valence-corrected chi connectivity index (χ0v) is 15.7. The van der Waals surface area contributed by atoms with Gasteiger partial charge in [0.15, 0.2) is 5.82 Å². The molecule has 1 atom stereocenters. The average molecular weight is 417 g/mol. The standard InChI is InChI=1S/C20H18F3N5O2/c21-14-2-1-11(15(8-14)18(22)23)7-12-4-6-28(20(12)30)19-16(10-29)17(26-27-19)13-3-5-24-25-9-13/h1-3,5,8-9,12,18,29H,4,6-7,10H2,(H,26,27). The molecule has 1 unspecified atom stereocenters. The Morgan fingerprint density at radius 1 is 1.27 bits per heavy atom. The summed E-state index contributed by atoms with van der Waals surface area (Å²) < 4.78 is 39.9. The molecule has 4 rings (SSSR count). The first-order valence-corrected chi connectivity index (χ1v) is 9.32. The van der Waals surface area contributed by atoms with Gasteiger partial charge in [-0.2, -0.15) is 15.3 Å². The van der Waals surface area contributed by atoms with Crippen molar-refractivity contribution >= 4 is 11.7 Å². The topological polar surface area (TPSA) is 95.0 Å². The number of aliphatic hydroxyl groups is 1. The molecule has 1 aromatic carbocycles. The molecule has 0 spiro atoms. The van der Waals surface area contributed by atoms with Gasteiger partial charge in [0.1, 0.15) is 5.82 Å². The number of halogens is 3. The molecule has 1 amide bonds. The van der Waals surface area contributed by atoms with E-state index in [-0.39, 0.29) is 24.5 Å². The highest BCUT2D eigenvalue weighted by Gasteiger charge is 2.36. The van der Waals surface area contributed by atoms with Crippen LogP contribution in [0.15, 0.2) is 36.7 Å². The van der Waals surface area contributed by atoms with Crippen molar-refractivity contribution in [3.8, 4) is 11.3 Å². The molecular weight excluding hydrogens is 399 g/mol. The Morgan fingerprint density at radius 2 is 2.10 bits per heavy atom. The molecule has 1 aliphatic rings. The van der Waals surface area contributed by atoms with Crippen molar-refractivity contribution in [2.24, 2.45) is 5.92 Å². The number of aromatic amines is 1. The molecular formula is C20H18F3N5O2. The molecule has 156 valence electrons. The van der Waals surface area contributed by atoms with Crippen molar-refractivity contribution in [3.05, 3.63) is 59.2 Å².